The molecule has 174 valence electrons. The molecule has 3 rings (SSSR count). The summed E-state index contributed by atoms with van der Waals surface area (Å²) >= 11 is 0. The van der Waals surface area contributed by atoms with Crippen LogP contribution in [0.1, 0.15) is 31.9 Å². The van der Waals surface area contributed by atoms with E-state index in [1.165, 1.54) is 24.4 Å². The summed E-state index contributed by atoms with van der Waals surface area (Å²) in [5.74, 6) is -0.464. The van der Waals surface area contributed by atoms with E-state index in [0.29, 0.717) is 23.6 Å². The highest BCUT2D eigenvalue weighted by Gasteiger charge is 2.35. The van der Waals surface area contributed by atoms with E-state index in [-0.39, 0.29) is 23.5 Å². The molecule has 0 unspecified atom stereocenters. The zero-order valence-corrected chi connectivity index (χ0v) is 18.3. The lowest BCUT2D eigenvalue weighted by Gasteiger charge is -2.21. The first kappa shape index (κ1) is 24.0. The molecule has 0 aliphatic carbocycles. The maximum atomic E-state index is 13.8. The molecule has 0 bridgehead atoms. The molecule has 3 N–H and O–H groups in total. The van der Waals surface area contributed by atoms with Crippen molar-refractivity contribution in [2.45, 2.75) is 33.4 Å². The number of nitrogens with two attached hydrogens (primary N) is 1. The van der Waals surface area contributed by atoms with Crippen molar-refractivity contribution in [1.82, 2.24) is 15.0 Å². The standard InChI is InChI=1S/C23H23F3N4O3/c1-4-33-19-8-6-14(12-28-19)17-10-18(31)30-20(29-17)15-9-13(11-22(2,3)21(27)32)5-7-16(15)23(24,25)26/h5-10,12H,4,11H2,1-3H3,(H2,27,32)(H,29,30,31). The fourth-order valence-corrected chi connectivity index (χ4v) is 3.24. The Bertz CT molecular complexity index is 1220. The lowest BCUT2D eigenvalue weighted by molar-refractivity contribution is -0.137. The molecule has 1 aromatic carbocycles. The van der Waals surface area contributed by atoms with E-state index in [9.17, 15) is 22.8 Å². The molecule has 33 heavy (non-hydrogen) atoms. The Morgan fingerprint density at radius 1 is 1.15 bits per heavy atom. The Hall–Kier alpha value is -3.69. The Balaban J connectivity index is 2.13. The zero-order chi connectivity index (χ0) is 24.4. The maximum Gasteiger partial charge on any atom is 0.417 e. The molecule has 0 atom stereocenters. The summed E-state index contributed by atoms with van der Waals surface area (Å²) in [5, 5.41) is 0. The van der Waals surface area contributed by atoms with Crippen LogP contribution in [-0.2, 0) is 17.4 Å². The number of carbonyl (C=O) groups is 1. The predicted octanol–water partition coefficient (Wildman–Crippen LogP) is 3.97. The number of amides is 1. The van der Waals surface area contributed by atoms with Gasteiger partial charge in [-0.05, 0) is 37.1 Å². The molecular weight excluding hydrogens is 437 g/mol. The number of H-pyrrole nitrogens is 1. The highest BCUT2D eigenvalue weighted by atomic mass is 19.4. The van der Waals surface area contributed by atoms with Gasteiger partial charge in [0, 0.05) is 34.9 Å². The number of halogens is 3. The normalized spacial score (nSPS) is 11.9. The minimum atomic E-state index is -4.69. The van der Waals surface area contributed by atoms with Crippen LogP contribution in [0.25, 0.3) is 22.6 Å². The molecule has 0 aliphatic heterocycles. The third-order valence-electron chi connectivity index (χ3n) is 5.02. The second-order valence-electron chi connectivity index (χ2n) is 8.10. The molecule has 3 aromatic rings. The Kier molecular flexibility index (Phi) is 6.57. The van der Waals surface area contributed by atoms with E-state index in [2.05, 4.69) is 15.0 Å². The van der Waals surface area contributed by atoms with Gasteiger partial charge in [-0.25, -0.2) is 9.97 Å². The summed E-state index contributed by atoms with van der Waals surface area (Å²) in [6.45, 7) is 5.43. The number of nitrogens with zero attached hydrogens (tertiary/aromatic N) is 2. The van der Waals surface area contributed by atoms with Crippen molar-refractivity contribution in [3.05, 3.63) is 64.1 Å². The summed E-state index contributed by atoms with van der Waals surface area (Å²) in [5.41, 5.74) is 3.56. The van der Waals surface area contributed by atoms with Crippen LogP contribution in [0.2, 0.25) is 0 Å². The number of pyridine rings is 1. The number of rotatable bonds is 7. The van der Waals surface area contributed by atoms with Gasteiger partial charge in [0.2, 0.25) is 11.8 Å². The average molecular weight is 460 g/mol. The lowest BCUT2D eigenvalue weighted by Crippen LogP contribution is -2.33. The van der Waals surface area contributed by atoms with Gasteiger partial charge in [0.25, 0.3) is 5.56 Å². The van der Waals surface area contributed by atoms with E-state index < -0.39 is 28.6 Å². The molecule has 7 nitrogen and oxygen atoms in total. The molecule has 2 heterocycles. The van der Waals surface area contributed by atoms with E-state index in [1.807, 2.05) is 0 Å². The molecule has 0 aliphatic rings. The third-order valence-corrected chi connectivity index (χ3v) is 5.02. The van der Waals surface area contributed by atoms with E-state index in [0.717, 1.165) is 6.07 Å². The molecule has 10 heteroatoms. The van der Waals surface area contributed by atoms with Crippen LogP contribution >= 0.6 is 0 Å². The average Bonchev–Trinajstić information content (AvgIpc) is 2.73. The second-order valence-corrected chi connectivity index (χ2v) is 8.10. The van der Waals surface area contributed by atoms with Gasteiger partial charge in [-0.2, -0.15) is 13.2 Å². The highest BCUT2D eigenvalue weighted by Crippen LogP contribution is 2.37. The van der Waals surface area contributed by atoms with Crippen LogP contribution in [0.15, 0.2) is 47.4 Å². The fraction of sp³-hybridized carbons (Fsp3) is 0.304. The summed E-state index contributed by atoms with van der Waals surface area (Å²) in [4.78, 5) is 34.8. The van der Waals surface area contributed by atoms with Crippen molar-refractivity contribution >= 4 is 5.91 Å². The van der Waals surface area contributed by atoms with Crippen LogP contribution in [-0.4, -0.2) is 27.5 Å². The molecular formula is C23H23F3N4O3. The second kappa shape index (κ2) is 9.05. The number of hydrogen-bond acceptors (Lipinski definition) is 5. The van der Waals surface area contributed by atoms with Gasteiger partial charge >= 0.3 is 6.18 Å². The van der Waals surface area contributed by atoms with Gasteiger partial charge in [-0.3, -0.25) is 9.59 Å². The summed E-state index contributed by atoms with van der Waals surface area (Å²) in [7, 11) is 0. The number of primary amides is 1. The van der Waals surface area contributed by atoms with Crippen molar-refractivity contribution in [2.24, 2.45) is 11.1 Å². The number of carbonyl (C=O) groups excluding carboxylic acids is 1. The van der Waals surface area contributed by atoms with Crippen LogP contribution in [0, 0.1) is 5.41 Å². The van der Waals surface area contributed by atoms with E-state index in [4.69, 9.17) is 10.5 Å². The first-order valence-electron chi connectivity index (χ1n) is 10.1. The molecule has 0 fully saturated rings. The minimum absolute atomic E-state index is 0.111. The number of aromatic amines is 1. The summed E-state index contributed by atoms with van der Waals surface area (Å²) in [6.07, 6.45) is -3.16. The van der Waals surface area contributed by atoms with Gasteiger partial charge in [0.15, 0.2) is 0 Å². The van der Waals surface area contributed by atoms with Crippen molar-refractivity contribution in [3.63, 3.8) is 0 Å². The molecule has 0 saturated carbocycles. The molecule has 1 amide bonds. The monoisotopic (exact) mass is 460 g/mol. The largest absolute Gasteiger partial charge is 0.478 e. The Labute approximate surface area is 187 Å². The van der Waals surface area contributed by atoms with Gasteiger partial charge < -0.3 is 15.5 Å². The number of alkyl halides is 3. The van der Waals surface area contributed by atoms with Crippen LogP contribution in [0.5, 0.6) is 5.88 Å². The molecule has 2 aromatic heterocycles. The number of hydrogen-bond donors (Lipinski definition) is 2. The molecule has 0 radical (unpaired) electrons. The fourth-order valence-electron chi connectivity index (χ4n) is 3.24. The number of aromatic nitrogens is 3. The maximum absolute atomic E-state index is 13.8. The lowest BCUT2D eigenvalue weighted by atomic mass is 9.84. The van der Waals surface area contributed by atoms with Gasteiger partial charge in [-0.15, -0.1) is 0 Å². The highest BCUT2D eigenvalue weighted by molar-refractivity contribution is 5.80. The topological polar surface area (TPSA) is 111 Å². The van der Waals surface area contributed by atoms with Gasteiger partial charge in [-0.1, -0.05) is 19.9 Å². The summed E-state index contributed by atoms with van der Waals surface area (Å²) in [6, 6.07) is 7.83. The number of ether oxygens (including phenoxy) is 1. The first-order valence-corrected chi connectivity index (χ1v) is 10.1. The van der Waals surface area contributed by atoms with Gasteiger partial charge in [0.05, 0.1) is 17.9 Å². The molecule has 0 saturated heterocycles. The van der Waals surface area contributed by atoms with Crippen LogP contribution < -0.4 is 16.0 Å². The quantitative estimate of drug-likeness (QED) is 0.554. The third kappa shape index (κ3) is 5.57. The smallest absolute Gasteiger partial charge is 0.417 e. The van der Waals surface area contributed by atoms with Crippen molar-refractivity contribution in [1.29, 1.82) is 0 Å². The van der Waals surface area contributed by atoms with Crippen molar-refractivity contribution < 1.29 is 22.7 Å². The SMILES string of the molecule is CCOc1ccc(-c2cc(=O)[nH]c(-c3cc(CC(C)(C)C(N)=O)ccc3C(F)(F)F)n2)cn1. The predicted molar refractivity (Wildman–Crippen MR) is 116 cm³/mol. The van der Waals surface area contributed by atoms with Gasteiger partial charge in [0.1, 0.15) is 5.82 Å². The van der Waals surface area contributed by atoms with Crippen molar-refractivity contribution in [2.75, 3.05) is 6.61 Å². The van der Waals surface area contributed by atoms with Crippen molar-refractivity contribution in [3.8, 4) is 28.5 Å². The van der Waals surface area contributed by atoms with E-state index in [1.54, 1.807) is 32.9 Å². The zero-order valence-electron chi connectivity index (χ0n) is 18.3. The number of nitrogens with one attached hydrogen (secondary N) is 1. The van der Waals surface area contributed by atoms with Crippen LogP contribution in [0.3, 0.4) is 0 Å². The Morgan fingerprint density at radius 2 is 1.88 bits per heavy atom. The Morgan fingerprint density at radius 3 is 2.45 bits per heavy atom. The first-order chi connectivity index (χ1) is 15.4. The number of benzene rings is 1. The molecule has 0 spiro atoms. The minimum Gasteiger partial charge on any atom is -0.478 e. The summed E-state index contributed by atoms with van der Waals surface area (Å²) < 4.78 is 46.5. The van der Waals surface area contributed by atoms with E-state index >= 15 is 0 Å². The van der Waals surface area contributed by atoms with Crippen LogP contribution in [0.4, 0.5) is 13.2 Å².